The summed E-state index contributed by atoms with van der Waals surface area (Å²) in [5.41, 5.74) is 1.07. The van der Waals surface area contributed by atoms with Crippen molar-refractivity contribution in [3.8, 4) is 0 Å². The lowest BCUT2D eigenvalue weighted by Crippen LogP contribution is -2.60. The molecular weight excluding hydrogens is 411 g/mol. The first-order valence-electron chi connectivity index (χ1n) is 12.0. The number of carbonyl (C=O) groups excluding carboxylic acids is 1. The Labute approximate surface area is 190 Å². The van der Waals surface area contributed by atoms with Crippen LogP contribution in [-0.2, 0) is 19.0 Å². The number of ether oxygens (including phenoxy) is 3. The van der Waals surface area contributed by atoms with E-state index in [1.807, 2.05) is 17.0 Å². The molecule has 0 radical (unpaired) electrons. The Kier molecular flexibility index (Phi) is 7.37. The van der Waals surface area contributed by atoms with Gasteiger partial charge >= 0.3 is 0 Å². The van der Waals surface area contributed by atoms with Crippen LogP contribution in [0.1, 0.15) is 57.6 Å². The van der Waals surface area contributed by atoms with Gasteiger partial charge in [0, 0.05) is 44.5 Å². The molecule has 2 heterocycles. The smallest absolute Gasteiger partial charge is 0.222 e. The van der Waals surface area contributed by atoms with Gasteiger partial charge in [0.1, 0.15) is 5.82 Å². The molecule has 0 spiro atoms. The van der Waals surface area contributed by atoms with Crippen LogP contribution in [-0.4, -0.2) is 57.6 Å². The quantitative estimate of drug-likeness (QED) is 0.717. The van der Waals surface area contributed by atoms with Crippen LogP contribution in [0, 0.1) is 17.7 Å². The van der Waals surface area contributed by atoms with Gasteiger partial charge in [0.15, 0.2) is 0 Å². The largest absolute Gasteiger partial charge is 0.384 e. The van der Waals surface area contributed by atoms with Crippen molar-refractivity contribution >= 4 is 11.6 Å². The zero-order chi connectivity index (χ0) is 22.7. The highest BCUT2D eigenvalue weighted by Gasteiger charge is 2.49. The highest BCUT2D eigenvalue weighted by atomic mass is 19.1. The Hall–Kier alpha value is -1.70. The summed E-state index contributed by atoms with van der Waals surface area (Å²) in [6, 6.07) is 5.47. The Balaban J connectivity index is 1.55. The van der Waals surface area contributed by atoms with E-state index in [1.54, 1.807) is 13.2 Å². The number of fused-ring (bicyclic) bond motifs is 1. The fourth-order valence-electron chi connectivity index (χ4n) is 5.70. The molecule has 1 aromatic carbocycles. The Morgan fingerprint density at radius 1 is 1.31 bits per heavy atom. The van der Waals surface area contributed by atoms with Crippen molar-refractivity contribution in [2.45, 2.75) is 63.7 Å². The molecule has 0 unspecified atom stereocenters. The van der Waals surface area contributed by atoms with E-state index in [9.17, 15) is 4.79 Å². The minimum atomic E-state index is -0.391. The van der Waals surface area contributed by atoms with Crippen molar-refractivity contribution in [1.82, 2.24) is 5.32 Å². The summed E-state index contributed by atoms with van der Waals surface area (Å²) in [5.74, 6) is 0.627. The van der Waals surface area contributed by atoms with Gasteiger partial charge in [-0.05, 0) is 43.4 Å². The van der Waals surface area contributed by atoms with E-state index in [2.05, 4.69) is 19.2 Å². The molecule has 3 aliphatic rings. The van der Waals surface area contributed by atoms with Gasteiger partial charge in [-0.1, -0.05) is 19.4 Å². The molecule has 1 aromatic rings. The molecule has 2 aliphatic heterocycles. The molecular formula is C25H37FN2O4. The molecule has 7 heteroatoms. The van der Waals surface area contributed by atoms with E-state index in [-0.39, 0.29) is 29.9 Å². The second-order valence-corrected chi connectivity index (χ2v) is 9.91. The van der Waals surface area contributed by atoms with Gasteiger partial charge in [0.25, 0.3) is 0 Å². The molecule has 6 nitrogen and oxygen atoms in total. The normalized spacial score (nSPS) is 32.9. The summed E-state index contributed by atoms with van der Waals surface area (Å²) >= 11 is 0. The molecule has 1 amide bonds. The minimum Gasteiger partial charge on any atom is -0.384 e. The van der Waals surface area contributed by atoms with Gasteiger partial charge in [-0.3, -0.25) is 4.79 Å². The number of benzene rings is 1. The summed E-state index contributed by atoms with van der Waals surface area (Å²) < 4.78 is 32.1. The lowest BCUT2D eigenvalue weighted by Gasteiger charge is -2.52. The first-order chi connectivity index (χ1) is 15.4. The number of morpholine rings is 1. The summed E-state index contributed by atoms with van der Waals surface area (Å²) in [7, 11) is 1.60. The number of halogens is 1. The number of hydrogen-bond donors (Lipinski definition) is 1. The van der Waals surface area contributed by atoms with Gasteiger partial charge < -0.3 is 24.4 Å². The predicted octanol–water partition coefficient (Wildman–Crippen LogP) is 3.84. The number of anilines is 1. The number of hydrogen-bond acceptors (Lipinski definition) is 5. The monoisotopic (exact) mass is 448 g/mol. The maximum Gasteiger partial charge on any atom is 0.222 e. The number of carbonyl (C=O) groups is 1. The van der Waals surface area contributed by atoms with Crippen LogP contribution < -0.4 is 10.2 Å². The van der Waals surface area contributed by atoms with Gasteiger partial charge in [-0.2, -0.15) is 0 Å². The average molecular weight is 449 g/mol. The summed E-state index contributed by atoms with van der Waals surface area (Å²) in [6.45, 7) is 7.44. The highest BCUT2D eigenvalue weighted by Crippen LogP contribution is 2.48. The van der Waals surface area contributed by atoms with Crippen molar-refractivity contribution in [2.75, 3.05) is 44.9 Å². The van der Waals surface area contributed by atoms with E-state index < -0.39 is 5.54 Å². The summed E-state index contributed by atoms with van der Waals surface area (Å²) in [4.78, 5) is 14.7. The average Bonchev–Trinajstić information content (AvgIpc) is 2.77. The van der Waals surface area contributed by atoms with Crippen molar-refractivity contribution in [3.63, 3.8) is 0 Å². The number of nitrogens with one attached hydrogen (secondary N) is 1. The minimum absolute atomic E-state index is 0.00113. The Bertz CT molecular complexity index is 800. The van der Waals surface area contributed by atoms with Crippen LogP contribution in [0.25, 0.3) is 0 Å². The third-order valence-electron chi connectivity index (χ3n) is 7.47. The number of methoxy groups -OCH3 is 1. The van der Waals surface area contributed by atoms with Gasteiger partial charge in [0.2, 0.25) is 5.91 Å². The van der Waals surface area contributed by atoms with Gasteiger partial charge in [-0.25, -0.2) is 4.39 Å². The van der Waals surface area contributed by atoms with Crippen LogP contribution in [0.2, 0.25) is 0 Å². The topological polar surface area (TPSA) is 60.0 Å². The standard InChI is InChI=1S/C25H37FN2O4/c1-17-4-6-19-22(14-17)32-23(16-25(19,2)27-24(29)8-11-30-3)18-5-7-21(20(26)15-18)28-9-12-31-13-10-28/h5,7,15,17,19,22-23H,4,6,8-14,16H2,1-3H3,(H,27,29)/t17-,19-,22-,23-,25-/m1/s1. The molecule has 4 rings (SSSR count). The third-order valence-corrected chi connectivity index (χ3v) is 7.47. The number of amides is 1. The summed E-state index contributed by atoms with van der Waals surface area (Å²) in [5, 5.41) is 3.31. The van der Waals surface area contributed by atoms with E-state index in [0.29, 0.717) is 57.4 Å². The van der Waals surface area contributed by atoms with Crippen molar-refractivity contribution in [1.29, 1.82) is 0 Å². The Morgan fingerprint density at radius 3 is 2.81 bits per heavy atom. The molecule has 1 N–H and O–H groups in total. The second-order valence-electron chi connectivity index (χ2n) is 9.91. The third kappa shape index (κ3) is 5.10. The lowest BCUT2D eigenvalue weighted by molar-refractivity contribution is -0.154. The van der Waals surface area contributed by atoms with Crippen LogP contribution in [0.3, 0.4) is 0 Å². The first kappa shape index (κ1) is 23.5. The second kappa shape index (κ2) is 10.1. The molecule has 1 aliphatic carbocycles. The molecule has 2 saturated heterocycles. The number of nitrogens with zero attached hydrogens (tertiary/aromatic N) is 1. The van der Waals surface area contributed by atoms with Crippen molar-refractivity contribution < 1.29 is 23.4 Å². The maximum absolute atomic E-state index is 15.1. The molecule has 1 saturated carbocycles. The van der Waals surface area contributed by atoms with Crippen LogP contribution in [0.5, 0.6) is 0 Å². The zero-order valence-corrected chi connectivity index (χ0v) is 19.6. The molecule has 0 aromatic heterocycles. The first-order valence-corrected chi connectivity index (χ1v) is 12.0. The Morgan fingerprint density at radius 2 is 2.09 bits per heavy atom. The summed E-state index contributed by atoms with van der Waals surface area (Å²) in [6.07, 6.45) is 3.94. The van der Waals surface area contributed by atoms with E-state index in [4.69, 9.17) is 14.2 Å². The van der Waals surface area contributed by atoms with E-state index in [1.165, 1.54) is 0 Å². The van der Waals surface area contributed by atoms with Crippen molar-refractivity contribution in [3.05, 3.63) is 29.6 Å². The van der Waals surface area contributed by atoms with Crippen LogP contribution >= 0.6 is 0 Å². The fraction of sp³-hybridized carbons (Fsp3) is 0.720. The highest BCUT2D eigenvalue weighted by molar-refractivity contribution is 5.77. The molecule has 0 bridgehead atoms. The molecule has 32 heavy (non-hydrogen) atoms. The van der Waals surface area contributed by atoms with Gasteiger partial charge in [0.05, 0.1) is 37.7 Å². The number of rotatable bonds is 6. The predicted molar refractivity (Wildman–Crippen MR) is 121 cm³/mol. The lowest BCUT2D eigenvalue weighted by atomic mass is 9.66. The maximum atomic E-state index is 15.1. The molecule has 178 valence electrons. The van der Waals surface area contributed by atoms with E-state index in [0.717, 1.165) is 24.8 Å². The fourth-order valence-corrected chi connectivity index (χ4v) is 5.70. The van der Waals surface area contributed by atoms with Crippen LogP contribution in [0.15, 0.2) is 18.2 Å². The zero-order valence-electron chi connectivity index (χ0n) is 19.6. The van der Waals surface area contributed by atoms with Crippen molar-refractivity contribution in [2.24, 2.45) is 11.8 Å². The molecule has 3 fully saturated rings. The van der Waals surface area contributed by atoms with Gasteiger partial charge in [-0.15, -0.1) is 0 Å². The van der Waals surface area contributed by atoms with Crippen LogP contribution in [0.4, 0.5) is 10.1 Å². The SMILES string of the molecule is COCCC(=O)N[C@]1(C)C[C@H](c2ccc(N3CCOCC3)c(F)c2)O[C@@H]2C[C@H](C)CC[C@H]21. The van der Waals surface area contributed by atoms with E-state index >= 15 is 4.39 Å². The molecule has 5 atom stereocenters.